The van der Waals surface area contributed by atoms with E-state index in [0.29, 0.717) is 35.7 Å². The lowest BCUT2D eigenvalue weighted by atomic mass is 10.1. The predicted octanol–water partition coefficient (Wildman–Crippen LogP) is 4.17. The Bertz CT molecular complexity index is 1060. The summed E-state index contributed by atoms with van der Waals surface area (Å²) >= 11 is 4.75. The quantitative estimate of drug-likeness (QED) is 0.423. The van der Waals surface area contributed by atoms with Crippen LogP contribution < -0.4 is 15.0 Å². The standard InChI is InChI=1S/C22H22ClF2N5O3/c1-2-7-30(8-9-31)20-19(16-11-26-14-27-12-16)10-15(13-28-20)21(32)29-17-3-5-18(6-4-17)33-22(23,24)25/h3-6,10-14,31H,2,7-9H2,1H3,(H,29,32). The molecule has 33 heavy (non-hydrogen) atoms. The normalized spacial score (nSPS) is 11.2. The Balaban J connectivity index is 1.88. The van der Waals surface area contributed by atoms with Crippen molar-refractivity contribution in [3.8, 4) is 16.9 Å². The van der Waals surface area contributed by atoms with Crippen LogP contribution in [0.25, 0.3) is 11.1 Å². The highest BCUT2D eigenvalue weighted by molar-refractivity contribution is 6.20. The molecule has 3 rings (SSSR count). The van der Waals surface area contributed by atoms with Crippen molar-refractivity contribution in [2.24, 2.45) is 0 Å². The number of halogens is 3. The van der Waals surface area contributed by atoms with Gasteiger partial charge in [0.15, 0.2) is 0 Å². The molecule has 2 heterocycles. The maximum atomic E-state index is 12.8. The van der Waals surface area contributed by atoms with Gasteiger partial charge in [-0.05, 0) is 36.8 Å². The second-order valence-corrected chi connectivity index (χ2v) is 7.40. The van der Waals surface area contributed by atoms with Crippen molar-refractivity contribution in [1.82, 2.24) is 15.0 Å². The molecule has 0 fully saturated rings. The van der Waals surface area contributed by atoms with Crippen LogP contribution in [0, 0.1) is 0 Å². The summed E-state index contributed by atoms with van der Waals surface area (Å²) in [5.41, 5.74) is -1.88. The molecule has 3 aromatic rings. The zero-order valence-corrected chi connectivity index (χ0v) is 18.5. The van der Waals surface area contributed by atoms with Gasteiger partial charge in [-0.25, -0.2) is 15.0 Å². The first-order valence-electron chi connectivity index (χ1n) is 10.1. The van der Waals surface area contributed by atoms with Crippen molar-refractivity contribution in [2.45, 2.75) is 18.9 Å². The molecular formula is C22H22ClF2N5O3. The third kappa shape index (κ3) is 6.80. The second kappa shape index (κ2) is 11.0. The Morgan fingerprint density at radius 2 is 1.88 bits per heavy atom. The lowest BCUT2D eigenvalue weighted by Gasteiger charge is -2.25. The number of nitrogens with one attached hydrogen (secondary N) is 1. The minimum absolute atomic E-state index is 0.0516. The van der Waals surface area contributed by atoms with Crippen molar-refractivity contribution in [1.29, 1.82) is 0 Å². The number of benzene rings is 1. The van der Waals surface area contributed by atoms with Gasteiger partial charge in [-0.2, -0.15) is 0 Å². The molecule has 1 amide bonds. The SMILES string of the molecule is CCCN(CCO)c1ncc(C(=O)Nc2ccc(OC(F)(F)Cl)cc2)cc1-c1cncnc1. The summed E-state index contributed by atoms with van der Waals surface area (Å²) in [5.74, 6) is -0.00118. The number of ether oxygens (including phenoxy) is 1. The van der Waals surface area contributed by atoms with Crippen LogP contribution >= 0.6 is 11.6 Å². The number of alkyl halides is 3. The van der Waals surface area contributed by atoms with E-state index in [-0.39, 0.29) is 17.9 Å². The Hall–Kier alpha value is -3.37. The summed E-state index contributed by atoms with van der Waals surface area (Å²) in [6.07, 6.45) is 6.90. The lowest BCUT2D eigenvalue weighted by molar-refractivity contribution is -0.0964. The van der Waals surface area contributed by atoms with E-state index in [9.17, 15) is 18.7 Å². The Morgan fingerprint density at radius 1 is 1.18 bits per heavy atom. The van der Waals surface area contributed by atoms with Crippen LogP contribution in [0.4, 0.5) is 20.3 Å². The number of hydrogen-bond acceptors (Lipinski definition) is 7. The summed E-state index contributed by atoms with van der Waals surface area (Å²) in [6, 6.07) is 7.01. The van der Waals surface area contributed by atoms with Crippen molar-refractivity contribution >= 4 is 29.0 Å². The van der Waals surface area contributed by atoms with Crippen molar-refractivity contribution in [3.63, 3.8) is 0 Å². The first-order chi connectivity index (χ1) is 15.8. The topological polar surface area (TPSA) is 100 Å². The third-order valence-corrected chi connectivity index (χ3v) is 4.59. The van der Waals surface area contributed by atoms with Gasteiger partial charge in [-0.15, -0.1) is 8.78 Å². The molecule has 2 N–H and O–H groups in total. The van der Waals surface area contributed by atoms with Gasteiger partial charge in [0.1, 0.15) is 17.9 Å². The average molecular weight is 478 g/mol. The highest BCUT2D eigenvalue weighted by Crippen LogP contribution is 2.30. The van der Waals surface area contributed by atoms with Gasteiger partial charge in [0.2, 0.25) is 0 Å². The molecule has 0 atom stereocenters. The summed E-state index contributed by atoms with van der Waals surface area (Å²) < 4.78 is 29.7. The molecule has 0 bridgehead atoms. The van der Waals surface area contributed by atoms with E-state index in [2.05, 4.69) is 25.0 Å². The molecule has 8 nitrogen and oxygen atoms in total. The smallest absolute Gasteiger partial charge is 0.420 e. The molecule has 11 heteroatoms. The molecule has 0 unspecified atom stereocenters. The van der Waals surface area contributed by atoms with E-state index in [4.69, 9.17) is 11.6 Å². The number of rotatable bonds is 10. The van der Waals surface area contributed by atoms with Gasteiger partial charge < -0.3 is 20.1 Å². The lowest BCUT2D eigenvalue weighted by Crippen LogP contribution is -2.29. The Morgan fingerprint density at radius 3 is 2.48 bits per heavy atom. The van der Waals surface area contributed by atoms with Gasteiger partial charge in [0.25, 0.3) is 5.91 Å². The molecule has 0 aliphatic heterocycles. The molecule has 0 aliphatic carbocycles. The van der Waals surface area contributed by atoms with Gasteiger partial charge in [0.05, 0.1) is 12.2 Å². The van der Waals surface area contributed by atoms with E-state index < -0.39 is 11.5 Å². The molecule has 2 aromatic heterocycles. The molecule has 0 spiro atoms. The first-order valence-corrected chi connectivity index (χ1v) is 10.5. The molecule has 0 radical (unpaired) electrons. The molecule has 174 valence electrons. The van der Waals surface area contributed by atoms with Gasteiger partial charge in [-0.3, -0.25) is 4.79 Å². The largest absolute Gasteiger partial charge is 0.487 e. The summed E-state index contributed by atoms with van der Waals surface area (Å²) in [6.45, 7) is 3.00. The molecule has 1 aromatic carbocycles. The number of pyridine rings is 1. The number of carbonyl (C=O) groups is 1. The van der Waals surface area contributed by atoms with Crippen molar-refractivity contribution < 1.29 is 23.4 Å². The van der Waals surface area contributed by atoms with Crippen LogP contribution in [0.1, 0.15) is 23.7 Å². The van der Waals surface area contributed by atoms with Crippen LogP contribution in [-0.4, -0.2) is 51.2 Å². The summed E-state index contributed by atoms with van der Waals surface area (Å²) in [7, 11) is 0. The minimum atomic E-state index is -3.82. The van der Waals surface area contributed by atoms with Crippen LogP contribution in [-0.2, 0) is 0 Å². The maximum Gasteiger partial charge on any atom is 0.487 e. The van der Waals surface area contributed by atoms with E-state index in [1.54, 1.807) is 18.5 Å². The van der Waals surface area contributed by atoms with E-state index in [1.807, 2.05) is 11.8 Å². The third-order valence-electron chi connectivity index (χ3n) is 4.51. The second-order valence-electron chi connectivity index (χ2n) is 6.96. The number of aliphatic hydroxyl groups excluding tert-OH is 1. The summed E-state index contributed by atoms with van der Waals surface area (Å²) in [5, 5.41) is 12.1. The monoisotopic (exact) mass is 477 g/mol. The fraction of sp³-hybridized carbons (Fsp3) is 0.273. The highest BCUT2D eigenvalue weighted by atomic mass is 35.5. The Kier molecular flexibility index (Phi) is 8.07. The van der Waals surface area contributed by atoms with Gasteiger partial charge >= 0.3 is 5.57 Å². The van der Waals surface area contributed by atoms with Crippen molar-refractivity contribution in [3.05, 3.63) is 60.8 Å². The number of nitrogens with zero attached hydrogens (tertiary/aromatic N) is 4. The number of aliphatic hydroxyl groups is 1. The van der Waals surface area contributed by atoms with E-state index >= 15 is 0 Å². The fourth-order valence-corrected chi connectivity index (χ4v) is 3.23. The zero-order chi connectivity index (χ0) is 23.8. The predicted molar refractivity (Wildman–Crippen MR) is 121 cm³/mol. The van der Waals surface area contributed by atoms with E-state index in [0.717, 1.165) is 6.42 Å². The van der Waals surface area contributed by atoms with Crippen LogP contribution in [0.15, 0.2) is 55.2 Å². The number of carbonyl (C=O) groups excluding carboxylic acids is 1. The van der Waals surface area contributed by atoms with Crippen LogP contribution in [0.5, 0.6) is 5.75 Å². The fourth-order valence-electron chi connectivity index (χ4n) is 3.14. The molecule has 0 saturated heterocycles. The summed E-state index contributed by atoms with van der Waals surface area (Å²) in [4.78, 5) is 27.3. The maximum absolute atomic E-state index is 12.8. The van der Waals surface area contributed by atoms with Crippen LogP contribution in [0.2, 0.25) is 0 Å². The number of anilines is 2. The highest BCUT2D eigenvalue weighted by Gasteiger charge is 2.27. The number of hydrogen-bond donors (Lipinski definition) is 2. The van der Waals surface area contributed by atoms with Crippen molar-refractivity contribution in [2.75, 3.05) is 29.9 Å². The minimum Gasteiger partial charge on any atom is -0.420 e. The molecule has 0 aliphatic rings. The molecular weight excluding hydrogens is 456 g/mol. The zero-order valence-electron chi connectivity index (χ0n) is 17.7. The molecule has 0 saturated carbocycles. The van der Waals surface area contributed by atoms with Crippen LogP contribution in [0.3, 0.4) is 0 Å². The van der Waals surface area contributed by atoms with Gasteiger partial charge in [-0.1, -0.05) is 6.92 Å². The average Bonchev–Trinajstić information content (AvgIpc) is 2.79. The Labute approximate surface area is 194 Å². The van der Waals surface area contributed by atoms with Gasteiger partial charge in [0, 0.05) is 60.1 Å². The number of aromatic nitrogens is 3. The number of amides is 1. The van der Waals surface area contributed by atoms with E-state index in [1.165, 1.54) is 36.8 Å². The first kappa shape index (κ1) is 24.3.